The van der Waals surface area contributed by atoms with Gasteiger partial charge in [-0.2, -0.15) is 0 Å². The zero-order chi connectivity index (χ0) is 16.8. The molecular formula is C20H24N2O2. The van der Waals surface area contributed by atoms with Gasteiger partial charge in [0.25, 0.3) is 0 Å². The van der Waals surface area contributed by atoms with Crippen molar-refractivity contribution in [2.45, 2.75) is 24.7 Å². The molecule has 0 saturated carbocycles. The van der Waals surface area contributed by atoms with Crippen molar-refractivity contribution < 1.29 is 9.53 Å². The van der Waals surface area contributed by atoms with Crippen LogP contribution in [0, 0.1) is 0 Å². The van der Waals surface area contributed by atoms with Crippen molar-refractivity contribution in [3.8, 4) is 0 Å². The molecule has 1 aliphatic heterocycles. The van der Waals surface area contributed by atoms with Crippen LogP contribution < -0.4 is 5.84 Å². The fourth-order valence-electron chi connectivity index (χ4n) is 3.32. The molecule has 2 N–H and O–H groups in total. The molecule has 1 fully saturated rings. The van der Waals surface area contributed by atoms with Crippen molar-refractivity contribution in [3.63, 3.8) is 0 Å². The molecule has 0 aromatic heterocycles. The lowest BCUT2D eigenvalue weighted by Gasteiger charge is -2.38. The number of hydrogen-bond donors (Lipinski definition) is 1. The third kappa shape index (κ3) is 3.66. The second-order valence-electron chi connectivity index (χ2n) is 6.36. The average molecular weight is 324 g/mol. The van der Waals surface area contributed by atoms with Crippen molar-refractivity contribution in [2.24, 2.45) is 5.84 Å². The van der Waals surface area contributed by atoms with Gasteiger partial charge in [-0.1, -0.05) is 60.7 Å². The van der Waals surface area contributed by atoms with Gasteiger partial charge in [0, 0.05) is 19.5 Å². The first-order valence-electron chi connectivity index (χ1n) is 8.47. The highest BCUT2D eigenvalue weighted by molar-refractivity contribution is 5.83. The van der Waals surface area contributed by atoms with Crippen molar-refractivity contribution in [1.29, 1.82) is 0 Å². The average Bonchev–Trinajstić information content (AvgIpc) is 2.64. The van der Waals surface area contributed by atoms with E-state index < -0.39 is 5.41 Å². The number of hydrazine groups is 1. The van der Waals surface area contributed by atoms with Crippen LogP contribution in [0.1, 0.15) is 24.0 Å². The molecule has 2 aromatic rings. The molecule has 2 aromatic carbocycles. The number of nitrogens with two attached hydrogens (primary N) is 1. The molecule has 4 nitrogen and oxygen atoms in total. The van der Waals surface area contributed by atoms with E-state index in [1.165, 1.54) is 5.56 Å². The lowest BCUT2D eigenvalue weighted by atomic mass is 9.73. The van der Waals surface area contributed by atoms with Gasteiger partial charge in [0.1, 0.15) is 0 Å². The summed E-state index contributed by atoms with van der Waals surface area (Å²) in [6.45, 7) is 1.80. The van der Waals surface area contributed by atoms with Gasteiger partial charge < -0.3 is 4.74 Å². The summed E-state index contributed by atoms with van der Waals surface area (Å²) >= 11 is 0. The molecule has 4 heteroatoms. The lowest BCUT2D eigenvalue weighted by molar-refractivity contribution is -0.152. The number of carbonyl (C=O) groups excluding carboxylic acids is 1. The van der Waals surface area contributed by atoms with Crippen LogP contribution in [0.25, 0.3) is 0 Å². The first-order valence-corrected chi connectivity index (χ1v) is 8.47. The minimum absolute atomic E-state index is 0.127. The standard InChI is InChI=1S/C20H24N2O2/c21-22-14-12-20(13-15-22,18-9-5-2-6-10-18)19(23)24-16-11-17-7-3-1-4-8-17/h1-10H,11-16,21H2. The first-order chi connectivity index (χ1) is 11.7. The van der Waals surface area contributed by atoms with E-state index in [4.69, 9.17) is 10.6 Å². The first kappa shape index (κ1) is 16.7. The Balaban J connectivity index is 1.70. The zero-order valence-corrected chi connectivity index (χ0v) is 13.9. The molecule has 0 amide bonds. The van der Waals surface area contributed by atoms with E-state index >= 15 is 0 Å². The molecule has 24 heavy (non-hydrogen) atoms. The van der Waals surface area contributed by atoms with Gasteiger partial charge in [-0.15, -0.1) is 0 Å². The molecule has 126 valence electrons. The van der Waals surface area contributed by atoms with Crippen LogP contribution in [0.2, 0.25) is 0 Å². The van der Waals surface area contributed by atoms with Gasteiger partial charge in [-0.05, 0) is 24.0 Å². The van der Waals surface area contributed by atoms with Gasteiger partial charge in [0.15, 0.2) is 0 Å². The Labute approximate surface area is 143 Å². The molecule has 0 aliphatic carbocycles. The van der Waals surface area contributed by atoms with Gasteiger partial charge in [-0.25, -0.2) is 5.01 Å². The molecule has 0 unspecified atom stereocenters. The lowest BCUT2D eigenvalue weighted by Crippen LogP contribution is -2.50. The SMILES string of the molecule is NN1CCC(C(=O)OCCc2ccccc2)(c2ccccc2)CC1. The maximum Gasteiger partial charge on any atom is 0.316 e. The molecule has 0 atom stereocenters. The summed E-state index contributed by atoms with van der Waals surface area (Å²) in [5.74, 6) is 5.76. The summed E-state index contributed by atoms with van der Waals surface area (Å²) in [7, 11) is 0. The number of benzene rings is 2. The van der Waals surface area contributed by atoms with Gasteiger partial charge in [0.2, 0.25) is 0 Å². The van der Waals surface area contributed by atoms with Crippen molar-refractivity contribution in [3.05, 3.63) is 71.8 Å². The fraction of sp³-hybridized carbons (Fsp3) is 0.350. The van der Waals surface area contributed by atoms with Gasteiger partial charge in [-0.3, -0.25) is 10.6 Å². The topological polar surface area (TPSA) is 55.6 Å². The summed E-state index contributed by atoms with van der Waals surface area (Å²) in [5.41, 5.74) is 1.63. The smallest absolute Gasteiger partial charge is 0.316 e. The highest BCUT2D eigenvalue weighted by atomic mass is 16.5. The summed E-state index contributed by atoms with van der Waals surface area (Å²) in [6, 6.07) is 20.0. The minimum atomic E-state index is -0.576. The Morgan fingerprint density at radius 3 is 2.21 bits per heavy atom. The maximum absolute atomic E-state index is 12.9. The summed E-state index contributed by atoms with van der Waals surface area (Å²) in [4.78, 5) is 12.9. The summed E-state index contributed by atoms with van der Waals surface area (Å²) < 4.78 is 5.68. The Morgan fingerprint density at radius 2 is 1.58 bits per heavy atom. The van der Waals surface area contributed by atoms with E-state index in [9.17, 15) is 4.79 Å². The number of hydrogen-bond acceptors (Lipinski definition) is 4. The normalized spacial score (nSPS) is 17.4. The summed E-state index contributed by atoms with van der Waals surface area (Å²) in [6.07, 6.45) is 2.12. The zero-order valence-electron chi connectivity index (χ0n) is 13.9. The predicted molar refractivity (Wildman–Crippen MR) is 94.2 cm³/mol. The maximum atomic E-state index is 12.9. The van der Waals surface area contributed by atoms with E-state index in [1.807, 2.05) is 60.7 Å². The number of rotatable bonds is 5. The van der Waals surface area contributed by atoms with Crippen LogP contribution in [-0.4, -0.2) is 30.7 Å². The second-order valence-corrected chi connectivity index (χ2v) is 6.36. The van der Waals surface area contributed by atoms with E-state index in [1.54, 1.807) is 5.01 Å². The number of nitrogens with zero attached hydrogens (tertiary/aromatic N) is 1. The Hall–Kier alpha value is -2.17. The van der Waals surface area contributed by atoms with Crippen molar-refractivity contribution in [1.82, 2.24) is 5.01 Å². The third-order valence-electron chi connectivity index (χ3n) is 4.84. The molecule has 1 aliphatic rings. The van der Waals surface area contributed by atoms with Gasteiger partial charge in [0.05, 0.1) is 12.0 Å². The monoisotopic (exact) mass is 324 g/mol. The number of piperidine rings is 1. The number of carbonyl (C=O) groups is 1. The third-order valence-corrected chi connectivity index (χ3v) is 4.84. The largest absolute Gasteiger partial charge is 0.465 e. The predicted octanol–water partition coefficient (Wildman–Crippen LogP) is 2.68. The molecule has 1 heterocycles. The Bertz CT molecular complexity index is 650. The molecule has 0 radical (unpaired) electrons. The van der Waals surface area contributed by atoms with E-state index in [0.29, 0.717) is 32.5 Å². The van der Waals surface area contributed by atoms with Crippen LogP contribution in [0.15, 0.2) is 60.7 Å². The summed E-state index contributed by atoms with van der Waals surface area (Å²) in [5, 5.41) is 1.78. The number of ether oxygens (including phenoxy) is 1. The minimum Gasteiger partial charge on any atom is -0.465 e. The number of esters is 1. The van der Waals surface area contributed by atoms with E-state index in [-0.39, 0.29) is 5.97 Å². The van der Waals surface area contributed by atoms with Crippen LogP contribution >= 0.6 is 0 Å². The van der Waals surface area contributed by atoms with Crippen LogP contribution in [-0.2, 0) is 21.4 Å². The van der Waals surface area contributed by atoms with Crippen molar-refractivity contribution in [2.75, 3.05) is 19.7 Å². The van der Waals surface area contributed by atoms with Crippen LogP contribution in [0.5, 0.6) is 0 Å². The van der Waals surface area contributed by atoms with Gasteiger partial charge >= 0.3 is 5.97 Å². The molecule has 3 rings (SSSR count). The Kier molecular flexibility index (Phi) is 5.28. The Morgan fingerprint density at radius 1 is 1.00 bits per heavy atom. The highest BCUT2D eigenvalue weighted by Crippen LogP contribution is 2.36. The van der Waals surface area contributed by atoms with Crippen molar-refractivity contribution >= 4 is 5.97 Å². The second kappa shape index (κ2) is 7.60. The van der Waals surface area contributed by atoms with E-state index in [2.05, 4.69) is 0 Å². The quantitative estimate of drug-likeness (QED) is 0.679. The molecule has 0 bridgehead atoms. The van der Waals surface area contributed by atoms with E-state index in [0.717, 1.165) is 12.0 Å². The highest BCUT2D eigenvalue weighted by Gasteiger charge is 2.43. The van der Waals surface area contributed by atoms with Crippen LogP contribution in [0.4, 0.5) is 0 Å². The molecule has 1 saturated heterocycles. The molecule has 0 spiro atoms. The molecular weight excluding hydrogens is 300 g/mol. The fourth-order valence-corrected chi connectivity index (χ4v) is 3.32. The van der Waals surface area contributed by atoms with Crippen LogP contribution in [0.3, 0.4) is 0 Å².